The minimum atomic E-state index is -0.663. The van der Waals surface area contributed by atoms with Gasteiger partial charge in [0, 0.05) is 25.2 Å². The van der Waals surface area contributed by atoms with Crippen molar-refractivity contribution >= 4 is 17.8 Å². The van der Waals surface area contributed by atoms with Gasteiger partial charge in [0.1, 0.15) is 0 Å². The number of hydrogen-bond donors (Lipinski definition) is 3. The van der Waals surface area contributed by atoms with Crippen LogP contribution >= 0.6 is 0 Å². The molecule has 8 nitrogen and oxygen atoms in total. The number of carbonyl (C=O) groups excluding carboxylic acids is 3. The van der Waals surface area contributed by atoms with Crippen molar-refractivity contribution in [3.63, 3.8) is 0 Å². The summed E-state index contributed by atoms with van der Waals surface area (Å²) in [5.74, 6) is -0.466. The lowest BCUT2D eigenvalue weighted by molar-refractivity contribution is -0.894. The van der Waals surface area contributed by atoms with E-state index in [1.165, 1.54) is 0 Å². The van der Waals surface area contributed by atoms with Crippen molar-refractivity contribution in [2.45, 2.75) is 13.0 Å². The Labute approximate surface area is 153 Å². The lowest BCUT2D eigenvalue weighted by Gasteiger charge is -2.29. The third-order valence-corrected chi connectivity index (χ3v) is 4.26. The minimum absolute atomic E-state index is 0.0301. The Kier molecular flexibility index (Phi) is 7.55. The van der Waals surface area contributed by atoms with E-state index in [0.717, 1.165) is 5.56 Å². The van der Waals surface area contributed by atoms with Gasteiger partial charge in [-0.3, -0.25) is 14.9 Å². The average molecular weight is 363 g/mol. The SMILES string of the molecule is CCNC(=O)NC(=O)[C@@H](c1ccccc1)[NH+](C)CC(=O)N1CCOCC1. The van der Waals surface area contributed by atoms with Gasteiger partial charge in [-0.15, -0.1) is 0 Å². The van der Waals surface area contributed by atoms with Gasteiger partial charge in [-0.05, 0) is 6.92 Å². The van der Waals surface area contributed by atoms with Gasteiger partial charge in [0.05, 0.1) is 20.3 Å². The summed E-state index contributed by atoms with van der Waals surface area (Å²) < 4.78 is 5.27. The lowest BCUT2D eigenvalue weighted by Crippen LogP contribution is -3.11. The summed E-state index contributed by atoms with van der Waals surface area (Å²) in [4.78, 5) is 39.4. The zero-order valence-electron chi connectivity index (χ0n) is 15.3. The molecule has 1 unspecified atom stereocenters. The molecule has 1 aromatic carbocycles. The number of urea groups is 1. The fourth-order valence-electron chi connectivity index (χ4n) is 2.96. The van der Waals surface area contributed by atoms with Crippen LogP contribution in [0.5, 0.6) is 0 Å². The number of carbonyl (C=O) groups is 3. The quantitative estimate of drug-likeness (QED) is 0.601. The summed E-state index contributed by atoms with van der Waals surface area (Å²) in [5.41, 5.74) is 0.751. The fourth-order valence-corrected chi connectivity index (χ4v) is 2.96. The summed E-state index contributed by atoms with van der Waals surface area (Å²) in [6, 6.07) is 7.97. The molecule has 0 bridgehead atoms. The Morgan fingerprint density at radius 2 is 1.85 bits per heavy atom. The highest BCUT2D eigenvalue weighted by atomic mass is 16.5. The van der Waals surface area contributed by atoms with E-state index in [1.807, 2.05) is 30.3 Å². The highest BCUT2D eigenvalue weighted by Crippen LogP contribution is 2.09. The number of benzene rings is 1. The highest BCUT2D eigenvalue weighted by Gasteiger charge is 2.32. The molecule has 4 amide bonds. The molecule has 1 aromatic rings. The molecule has 26 heavy (non-hydrogen) atoms. The number of hydrogen-bond acceptors (Lipinski definition) is 4. The van der Waals surface area contributed by atoms with Crippen molar-refractivity contribution < 1.29 is 24.0 Å². The number of nitrogens with zero attached hydrogens (tertiary/aromatic N) is 1. The Balaban J connectivity index is 2.10. The number of ether oxygens (including phenoxy) is 1. The van der Waals surface area contributed by atoms with Crippen LogP contribution in [0.15, 0.2) is 30.3 Å². The first-order valence-corrected chi connectivity index (χ1v) is 8.84. The van der Waals surface area contributed by atoms with Gasteiger partial charge in [0.25, 0.3) is 11.8 Å². The third-order valence-electron chi connectivity index (χ3n) is 4.26. The molecular formula is C18H27N4O4+. The fraction of sp³-hybridized carbons (Fsp3) is 0.500. The van der Waals surface area contributed by atoms with Crippen LogP contribution in [0.3, 0.4) is 0 Å². The zero-order valence-corrected chi connectivity index (χ0v) is 15.3. The molecule has 1 aliphatic heterocycles. The average Bonchev–Trinajstić information content (AvgIpc) is 2.63. The van der Waals surface area contributed by atoms with E-state index in [1.54, 1.807) is 18.9 Å². The molecule has 8 heteroatoms. The number of imide groups is 1. The summed E-state index contributed by atoms with van der Waals surface area (Å²) >= 11 is 0. The topological polar surface area (TPSA) is 92.2 Å². The molecule has 0 aliphatic carbocycles. The largest absolute Gasteiger partial charge is 0.378 e. The van der Waals surface area contributed by atoms with Gasteiger partial charge in [-0.2, -0.15) is 0 Å². The number of quaternary nitrogens is 1. The molecule has 1 saturated heterocycles. The summed E-state index contributed by atoms with van der Waals surface area (Å²) in [6.07, 6.45) is 0. The smallest absolute Gasteiger partial charge is 0.321 e. The first kappa shape index (κ1) is 19.9. The predicted molar refractivity (Wildman–Crippen MR) is 95.6 cm³/mol. The van der Waals surface area contributed by atoms with E-state index < -0.39 is 18.0 Å². The van der Waals surface area contributed by atoms with Crippen LogP contribution in [0.1, 0.15) is 18.5 Å². The van der Waals surface area contributed by atoms with E-state index in [4.69, 9.17) is 4.74 Å². The lowest BCUT2D eigenvalue weighted by atomic mass is 10.0. The van der Waals surface area contributed by atoms with Crippen molar-refractivity contribution in [2.24, 2.45) is 0 Å². The second kappa shape index (κ2) is 9.88. The summed E-state index contributed by atoms with van der Waals surface area (Å²) in [5, 5.41) is 4.90. The van der Waals surface area contributed by atoms with Crippen molar-refractivity contribution in [2.75, 3.05) is 46.4 Å². The predicted octanol–water partition coefficient (Wildman–Crippen LogP) is -1.05. The molecule has 2 rings (SSSR count). The van der Waals surface area contributed by atoms with E-state index in [0.29, 0.717) is 37.7 Å². The Morgan fingerprint density at radius 3 is 2.46 bits per heavy atom. The number of amides is 4. The maximum atomic E-state index is 12.7. The van der Waals surface area contributed by atoms with E-state index in [-0.39, 0.29) is 12.5 Å². The number of likely N-dealkylation sites (N-methyl/N-ethyl adjacent to an activating group) is 1. The number of rotatable bonds is 6. The molecule has 3 N–H and O–H groups in total. The van der Waals surface area contributed by atoms with E-state index in [9.17, 15) is 14.4 Å². The Bertz CT molecular complexity index is 617. The molecule has 1 aliphatic rings. The second-order valence-electron chi connectivity index (χ2n) is 6.21. The van der Waals surface area contributed by atoms with Gasteiger partial charge in [-0.1, -0.05) is 30.3 Å². The van der Waals surface area contributed by atoms with Gasteiger partial charge >= 0.3 is 6.03 Å². The standard InChI is InChI=1S/C18H26N4O4/c1-3-19-18(25)20-17(24)16(14-7-5-4-6-8-14)21(2)13-15(23)22-9-11-26-12-10-22/h4-8,16H,3,9-13H2,1-2H3,(H2,19,20,24,25)/p+1/t16-/m1/s1. The van der Waals surface area contributed by atoms with Crippen LogP contribution < -0.4 is 15.5 Å². The molecule has 0 radical (unpaired) electrons. The summed E-state index contributed by atoms with van der Waals surface area (Å²) in [6.45, 7) is 4.54. The van der Waals surface area contributed by atoms with Gasteiger partial charge < -0.3 is 19.9 Å². The molecule has 0 spiro atoms. The normalized spacial score (nSPS) is 16.5. The second-order valence-corrected chi connectivity index (χ2v) is 6.21. The summed E-state index contributed by atoms with van der Waals surface area (Å²) in [7, 11) is 1.79. The van der Waals surface area contributed by atoms with Crippen LogP contribution in [-0.4, -0.2) is 69.2 Å². The minimum Gasteiger partial charge on any atom is -0.378 e. The van der Waals surface area contributed by atoms with Crippen LogP contribution in [0.4, 0.5) is 4.79 Å². The van der Waals surface area contributed by atoms with Gasteiger partial charge in [0.2, 0.25) is 0 Å². The Hall–Kier alpha value is -2.45. The number of nitrogens with one attached hydrogen (secondary N) is 3. The van der Waals surface area contributed by atoms with Crippen molar-refractivity contribution in [3.05, 3.63) is 35.9 Å². The van der Waals surface area contributed by atoms with E-state index in [2.05, 4.69) is 10.6 Å². The van der Waals surface area contributed by atoms with Crippen molar-refractivity contribution in [1.29, 1.82) is 0 Å². The maximum absolute atomic E-state index is 12.7. The molecular weight excluding hydrogens is 336 g/mol. The third kappa shape index (κ3) is 5.53. The van der Waals surface area contributed by atoms with Crippen LogP contribution in [0.2, 0.25) is 0 Å². The monoisotopic (exact) mass is 363 g/mol. The van der Waals surface area contributed by atoms with Crippen LogP contribution in [0.25, 0.3) is 0 Å². The van der Waals surface area contributed by atoms with Crippen LogP contribution in [0, 0.1) is 0 Å². The molecule has 2 atom stereocenters. The van der Waals surface area contributed by atoms with E-state index >= 15 is 0 Å². The molecule has 0 aromatic heterocycles. The number of morpholine rings is 1. The van der Waals surface area contributed by atoms with Crippen molar-refractivity contribution in [1.82, 2.24) is 15.5 Å². The zero-order chi connectivity index (χ0) is 18.9. The first-order chi connectivity index (χ1) is 12.5. The van der Waals surface area contributed by atoms with Gasteiger partial charge in [0.15, 0.2) is 12.6 Å². The molecule has 1 fully saturated rings. The maximum Gasteiger partial charge on any atom is 0.321 e. The highest BCUT2D eigenvalue weighted by molar-refractivity contribution is 5.96. The molecule has 0 saturated carbocycles. The first-order valence-electron chi connectivity index (χ1n) is 8.84. The molecule has 142 valence electrons. The van der Waals surface area contributed by atoms with Gasteiger partial charge in [-0.25, -0.2) is 4.79 Å². The Morgan fingerprint density at radius 1 is 1.19 bits per heavy atom. The van der Waals surface area contributed by atoms with Crippen molar-refractivity contribution in [3.8, 4) is 0 Å². The van der Waals surface area contributed by atoms with Crippen LogP contribution in [-0.2, 0) is 14.3 Å². The molecule has 1 heterocycles.